The van der Waals surface area contributed by atoms with Crippen molar-refractivity contribution < 1.29 is 27.5 Å². The summed E-state index contributed by atoms with van der Waals surface area (Å²) >= 11 is 0. The first kappa shape index (κ1) is 22.5. The van der Waals surface area contributed by atoms with Crippen molar-refractivity contribution >= 4 is 33.7 Å². The van der Waals surface area contributed by atoms with E-state index in [-0.39, 0.29) is 18.4 Å². The molecule has 27 heavy (non-hydrogen) atoms. The second-order valence-corrected chi connectivity index (χ2v) is 8.45. The molecule has 0 heterocycles. The van der Waals surface area contributed by atoms with Crippen molar-refractivity contribution in [2.24, 2.45) is 0 Å². The lowest BCUT2D eigenvalue weighted by atomic mass is 10.1. The van der Waals surface area contributed by atoms with Crippen LogP contribution < -0.4 is 5.32 Å². The number of ketones is 1. The maximum atomic E-state index is 12.7. The van der Waals surface area contributed by atoms with Gasteiger partial charge in [0.2, 0.25) is 5.91 Å². The van der Waals surface area contributed by atoms with Crippen molar-refractivity contribution in [1.82, 2.24) is 5.32 Å². The summed E-state index contributed by atoms with van der Waals surface area (Å²) in [6.07, 6.45) is 0.850. The minimum Gasteiger partial charge on any atom is -0.461 e. The third-order valence-electron chi connectivity index (χ3n) is 3.56. The van der Waals surface area contributed by atoms with Crippen molar-refractivity contribution in [3.05, 3.63) is 35.9 Å². The molecule has 0 spiro atoms. The predicted octanol–water partition coefficient (Wildman–Crippen LogP) is 1.21. The molecule has 2 atom stereocenters. The van der Waals surface area contributed by atoms with Crippen molar-refractivity contribution in [3.8, 4) is 0 Å². The summed E-state index contributed by atoms with van der Waals surface area (Å²) in [4.78, 5) is 36.3. The van der Waals surface area contributed by atoms with Crippen LogP contribution in [0.4, 0.5) is 0 Å². The molecule has 0 aliphatic heterocycles. The number of sulfone groups is 1. The second-order valence-electron chi connectivity index (χ2n) is 6.32. The number of hydrogen-bond acceptors (Lipinski definition) is 7. The largest absolute Gasteiger partial charge is 0.461 e. The van der Waals surface area contributed by atoms with Crippen LogP contribution >= 0.6 is 0 Å². The standard InChI is InChI=1S/C18H24N2O6S/c1-12(2)26-18(23)15(10-9-14(21)11-19)20-17(22)16(27(3,24)25)13-7-5-4-6-8-13/h4-8,11-12,15-16,19H,9-10H2,1-3H3,(H,20,22)/t15-,16-/m0/s1. The molecule has 0 radical (unpaired) electrons. The van der Waals surface area contributed by atoms with E-state index in [2.05, 4.69) is 5.32 Å². The minimum absolute atomic E-state index is 0.100. The molecule has 0 bridgehead atoms. The van der Waals surface area contributed by atoms with E-state index in [1.54, 1.807) is 32.0 Å². The fourth-order valence-corrected chi connectivity index (χ4v) is 3.50. The third kappa shape index (κ3) is 7.30. The van der Waals surface area contributed by atoms with Crippen LogP contribution in [0.15, 0.2) is 30.3 Å². The molecule has 1 aromatic rings. The molecule has 0 unspecified atom stereocenters. The Kier molecular flexibility index (Phi) is 8.30. The number of Topliss-reactive ketones (excluding diaryl/α,β-unsaturated/α-hetero) is 1. The van der Waals surface area contributed by atoms with Gasteiger partial charge in [-0.2, -0.15) is 0 Å². The molecular weight excluding hydrogens is 372 g/mol. The number of amides is 1. The van der Waals surface area contributed by atoms with E-state index >= 15 is 0 Å². The molecule has 0 saturated carbocycles. The average Bonchev–Trinajstić information content (AvgIpc) is 2.57. The monoisotopic (exact) mass is 396 g/mol. The number of esters is 1. The summed E-state index contributed by atoms with van der Waals surface area (Å²) in [7, 11) is -3.81. The molecule has 1 aromatic carbocycles. The normalized spacial score (nSPS) is 13.5. The molecule has 0 saturated heterocycles. The van der Waals surface area contributed by atoms with Gasteiger partial charge < -0.3 is 15.5 Å². The first-order chi connectivity index (χ1) is 12.6. The number of rotatable bonds is 10. The summed E-state index contributed by atoms with van der Waals surface area (Å²) in [5, 5.41) is 7.81. The third-order valence-corrected chi connectivity index (χ3v) is 4.90. The number of carbonyl (C=O) groups is 3. The van der Waals surface area contributed by atoms with Crippen LogP contribution in [0.2, 0.25) is 0 Å². The van der Waals surface area contributed by atoms with E-state index in [1.165, 1.54) is 12.1 Å². The van der Waals surface area contributed by atoms with Crippen molar-refractivity contribution in [2.45, 2.75) is 44.1 Å². The van der Waals surface area contributed by atoms with Gasteiger partial charge in [-0.3, -0.25) is 9.59 Å². The highest BCUT2D eigenvalue weighted by atomic mass is 32.2. The molecule has 2 N–H and O–H groups in total. The van der Waals surface area contributed by atoms with E-state index in [9.17, 15) is 22.8 Å². The Balaban J connectivity index is 3.08. The molecule has 0 fully saturated rings. The molecule has 0 aliphatic carbocycles. The molecule has 1 amide bonds. The summed E-state index contributed by atoms with van der Waals surface area (Å²) in [5.74, 6) is -2.16. The molecule has 9 heteroatoms. The van der Waals surface area contributed by atoms with Gasteiger partial charge in [0.25, 0.3) is 0 Å². The zero-order valence-corrected chi connectivity index (χ0v) is 16.3. The van der Waals surface area contributed by atoms with Crippen LogP contribution in [0.1, 0.15) is 37.5 Å². The average molecular weight is 396 g/mol. The van der Waals surface area contributed by atoms with E-state index < -0.39 is 44.9 Å². The summed E-state index contributed by atoms with van der Waals surface area (Å²) < 4.78 is 29.4. The van der Waals surface area contributed by atoms with Crippen LogP contribution in [-0.4, -0.2) is 50.7 Å². The Morgan fingerprint density at radius 3 is 2.26 bits per heavy atom. The fraction of sp³-hybridized carbons (Fsp3) is 0.444. The quantitative estimate of drug-likeness (QED) is 0.451. The summed E-state index contributed by atoms with van der Waals surface area (Å²) in [5.41, 5.74) is 0.268. The van der Waals surface area contributed by atoms with Crippen molar-refractivity contribution in [2.75, 3.05) is 6.26 Å². The van der Waals surface area contributed by atoms with E-state index in [1.807, 2.05) is 0 Å². The predicted molar refractivity (Wildman–Crippen MR) is 100 cm³/mol. The van der Waals surface area contributed by atoms with Crippen molar-refractivity contribution in [3.63, 3.8) is 0 Å². The lowest BCUT2D eigenvalue weighted by Crippen LogP contribution is -2.46. The fourth-order valence-electron chi connectivity index (χ4n) is 2.39. The van der Waals surface area contributed by atoms with Gasteiger partial charge in [-0.15, -0.1) is 0 Å². The highest BCUT2D eigenvalue weighted by Gasteiger charge is 2.34. The van der Waals surface area contributed by atoms with Crippen LogP contribution in [0.25, 0.3) is 0 Å². The van der Waals surface area contributed by atoms with Gasteiger partial charge in [0, 0.05) is 12.7 Å². The van der Waals surface area contributed by atoms with Crippen LogP contribution in [0.3, 0.4) is 0 Å². The zero-order valence-electron chi connectivity index (χ0n) is 15.5. The lowest BCUT2D eigenvalue weighted by Gasteiger charge is -2.22. The Morgan fingerprint density at radius 2 is 1.78 bits per heavy atom. The Bertz CT molecular complexity index is 789. The number of hydrogen-bond donors (Lipinski definition) is 2. The molecule has 8 nitrogen and oxygen atoms in total. The molecular formula is C18H24N2O6S. The van der Waals surface area contributed by atoms with E-state index in [0.717, 1.165) is 6.26 Å². The van der Waals surface area contributed by atoms with Gasteiger partial charge in [0.1, 0.15) is 6.04 Å². The van der Waals surface area contributed by atoms with E-state index in [4.69, 9.17) is 10.1 Å². The number of nitrogens with one attached hydrogen (secondary N) is 2. The van der Waals surface area contributed by atoms with E-state index in [0.29, 0.717) is 6.21 Å². The zero-order chi connectivity index (χ0) is 20.6. The Morgan fingerprint density at radius 1 is 1.19 bits per heavy atom. The SMILES string of the molecule is CC(C)OC(=O)[C@H](CCC(=O)C=N)NC(=O)[C@H](c1ccccc1)S(C)(=O)=O. The highest BCUT2D eigenvalue weighted by Crippen LogP contribution is 2.22. The maximum Gasteiger partial charge on any atom is 0.328 e. The topological polar surface area (TPSA) is 130 Å². The first-order valence-electron chi connectivity index (χ1n) is 8.34. The molecule has 0 aliphatic rings. The lowest BCUT2D eigenvalue weighted by molar-refractivity contribution is -0.151. The molecule has 0 aromatic heterocycles. The summed E-state index contributed by atoms with van der Waals surface area (Å²) in [6.45, 7) is 3.26. The summed E-state index contributed by atoms with van der Waals surface area (Å²) in [6, 6.07) is 6.71. The number of ether oxygens (including phenoxy) is 1. The second kappa shape index (κ2) is 9.96. The van der Waals surface area contributed by atoms with Gasteiger partial charge >= 0.3 is 5.97 Å². The molecule has 148 valence electrons. The van der Waals surface area contributed by atoms with Crippen LogP contribution in [0, 0.1) is 5.41 Å². The minimum atomic E-state index is -3.81. The maximum absolute atomic E-state index is 12.7. The number of carbonyl (C=O) groups excluding carboxylic acids is 3. The van der Waals surface area contributed by atoms with Gasteiger partial charge in [0.05, 0.1) is 12.3 Å². The van der Waals surface area contributed by atoms with Gasteiger partial charge in [0.15, 0.2) is 20.9 Å². The van der Waals surface area contributed by atoms with Gasteiger partial charge in [-0.25, -0.2) is 13.2 Å². The molecule has 1 rings (SSSR count). The number of benzene rings is 1. The smallest absolute Gasteiger partial charge is 0.328 e. The van der Waals surface area contributed by atoms with Crippen LogP contribution in [0.5, 0.6) is 0 Å². The van der Waals surface area contributed by atoms with Gasteiger partial charge in [-0.05, 0) is 25.8 Å². The highest BCUT2D eigenvalue weighted by molar-refractivity contribution is 7.91. The Labute approximate surface area is 158 Å². The van der Waals surface area contributed by atoms with Gasteiger partial charge in [-0.1, -0.05) is 30.3 Å². The van der Waals surface area contributed by atoms with Crippen LogP contribution in [-0.2, 0) is 29.0 Å². The first-order valence-corrected chi connectivity index (χ1v) is 10.3. The van der Waals surface area contributed by atoms with Crippen molar-refractivity contribution in [1.29, 1.82) is 5.41 Å². The Hall–Kier alpha value is -2.55.